The van der Waals surface area contributed by atoms with Crippen LogP contribution in [0.5, 0.6) is 0 Å². The fourth-order valence-electron chi connectivity index (χ4n) is 1.22. The molecule has 0 radical (unpaired) electrons. The normalized spacial score (nSPS) is 12.0. The zero-order chi connectivity index (χ0) is 11.3. The van der Waals surface area contributed by atoms with Gasteiger partial charge in [-0.25, -0.2) is 4.98 Å². The van der Waals surface area contributed by atoms with Crippen LogP contribution in [0.4, 0.5) is 0 Å². The van der Waals surface area contributed by atoms with E-state index in [0.717, 1.165) is 21.2 Å². The Balaban J connectivity index is 3.22. The summed E-state index contributed by atoms with van der Waals surface area (Å²) in [7, 11) is 0. The predicted molar refractivity (Wildman–Crippen MR) is 69.9 cm³/mol. The van der Waals surface area contributed by atoms with Gasteiger partial charge in [-0.1, -0.05) is 37.5 Å². The molecule has 2 heteroatoms. The SMILES string of the molecule is C=C/C(=C\C=C/C)c1sc(C)nc1C=C. The van der Waals surface area contributed by atoms with Crippen molar-refractivity contribution in [3.05, 3.63) is 53.0 Å². The molecule has 0 spiro atoms. The van der Waals surface area contributed by atoms with Gasteiger partial charge in [0.15, 0.2) is 0 Å². The van der Waals surface area contributed by atoms with Crippen LogP contribution < -0.4 is 0 Å². The number of hydrogen-bond acceptors (Lipinski definition) is 2. The molecule has 1 rings (SSSR count). The van der Waals surface area contributed by atoms with E-state index >= 15 is 0 Å². The van der Waals surface area contributed by atoms with Crippen molar-refractivity contribution in [2.75, 3.05) is 0 Å². The van der Waals surface area contributed by atoms with Gasteiger partial charge in [-0.3, -0.25) is 0 Å². The second kappa shape index (κ2) is 5.47. The maximum Gasteiger partial charge on any atom is 0.0907 e. The van der Waals surface area contributed by atoms with Crippen molar-refractivity contribution in [3.63, 3.8) is 0 Å². The largest absolute Gasteiger partial charge is 0.242 e. The van der Waals surface area contributed by atoms with Gasteiger partial charge in [0.25, 0.3) is 0 Å². The number of allylic oxidation sites excluding steroid dienone is 5. The lowest BCUT2D eigenvalue weighted by atomic mass is 10.1. The summed E-state index contributed by atoms with van der Waals surface area (Å²) in [6, 6.07) is 0. The van der Waals surface area contributed by atoms with Crippen LogP contribution in [0.15, 0.2) is 37.5 Å². The molecule has 1 nitrogen and oxygen atoms in total. The van der Waals surface area contributed by atoms with Gasteiger partial charge in [-0.2, -0.15) is 0 Å². The fraction of sp³-hybridized carbons (Fsp3) is 0.154. The molecule has 1 aromatic rings. The van der Waals surface area contributed by atoms with E-state index in [1.54, 1.807) is 17.4 Å². The summed E-state index contributed by atoms with van der Waals surface area (Å²) in [6.45, 7) is 11.6. The van der Waals surface area contributed by atoms with Crippen molar-refractivity contribution in [2.24, 2.45) is 0 Å². The highest BCUT2D eigenvalue weighted by Crippen LogP contribution is 2.27. The standard InChI is InChI=1S/C13H15NS/c1-5-8-9-11(6-2)13-12(7-3)14-10(4)15-13/h5-9H,2-3H2,1,4H3/b8-5-,11-9+. The quantitative estimate of drug-likeness (QED) is 0.687. The molecule has 0 aliphatic rings. The molecule has 0 saturated carbocycles. The third kappa shape index (κ3) is 2.77. The van der Waals surface area contributed by atoms with E-state index in [4.69, 9.17) is 0 Å². The molecule has 1 heterocycles. The Morgan fingerprint density at radius 3 is 2.67 bits per heavy atom. The smallest absolute Gasteiger partial charge is 0.0907 e. The third-order valence-electron chi connectivity index (χ3n) is 1.90. The van der Waals surface area contributed by atoms with E-state index in [9.17, 15) is 0 Å². The van der Waals surface area contributed by atoms with Crippen molar-refractivity contribution < 1.29 is 0 Å². The monoisotopic (exact) mass is 217 g/mol. The molecule has 1 aromatic heterocycles. The maximum absolute atomic E-state index is 4.39. The van der Waals surface area contributed by atoms with Gasteiger partial charge in [0.05, 0.1) is 15.6 Å². The first-order chi connectivity index (χ1) is 7.22. The molecule has 78 valence electrons. The molecule has 0 aliphatic carbocycles. The second-order valence-corrected chi connectivity index (χ2v) is 4.21. The molecule has 0 unspecified atom stereocenters. The summed E-state index contributed by atoms with van der Waals surface area (Å²) in [5.74, 6) is 0. The topological polar surface area (TPSA) is 12.9 Å². The van der Waals surface area contributed by atoms with E-state index < -0.39 is 0 Å². The van der Waals surface area contributed by atoms with Gasteiger partial charge in [-0.15, -0.1) is 11.3 Å². The van der Waals surface area contributed by atoms with Crippen molar-refractivity contribution in [1.82, 2.24) is 4.98 Å². The first-order valence-corrected chi connectivity index (χ1v) is 5.60. The zero-order valence-corrected chi connectivity index (χ0v) is 9.97. The first-order valence-electron chi connectivity index (χ1n) is 4.78. The highest BCUT2D eigenvalue weighted by molar-refractivity contribution is 7.13. The van der Waals surface area contributed by atoms with Crippen molar-refractivity contribution in [1.29, 1.82) is 0 Å². The summed E-state index contributed by atoms with van der Waals surface area (Å²) in [6.07, 6.45) is 9.66. The number of aryl methyl sites for hydroxylation is 1. The Morgan fingerprint density at radius 1 is 1.40 bits per heavy atom. The van der Waals surface area contributed by atoms with E-state index in [-0.39, 0.29) is 0 Å². The Morgan fingerprint density at radius 2 is 2.13 bits per heavy atom. The minimum absolute atomic E-state index is 0.938. The van der Waals surface area contributed by atoms with E-state index in [0.29, 0.717) is 0 Å². The molecule has 0 aromatic carbocycles. The summed E-state index contributed by atoms with van der Waals surface area (Å²) >= 11 is 1.67. The van der Waals surface area contributed by atoms with E-state index in [1.807, 2.05) is 38.2 Å². The van der Waals surface area contributed by atoms with Crippen LogP contribution in [-0.2, 0) is 0 Å². The lowest BCUT2D eigenvalue weighted by molar-refractivity contribution is 1.27. The minimum atomic E-state index is 0.938. The summed E-state index contributed by atoms with van der Waals surface area (Å²) in [5.41, 5.74) is 2.03. The number of nitrogens with zero attached hydrogens (tertiary/aromatic N) is 1. The van der Waals surface area contributed by atoms with Gasteiger partial charge in [0.2, 0.25) is 0 Å². The third-order valence-corrected chi connectivity index (χ3v) is 2.94. The number of rotatable bonds is 4. The van der Waals surface area contributed by atoms with Crippen LogP contribution in [0.3, 0.4) is 0 Å². The van der Waals surface area contributed by atoms with Crippen molar-refractivity contribution in [3.8, 4) is 0 Å². The first kappa shape index (κ1) is 11.7. The van der Waals surface area contributed by atoms with Gasteiger partial charge >= 0.3 is 0 Å². The average Bonchev–Trinajstić information content (AvgIpc) is 2.61. The van der Waals surface area contributed by atoms with E-state index in [1.165, 1.54) is 0 Å². The molecule has 15 heavy (non-hydrogen) atoms. The van der Waals surface area contributed by atoms with Crippen LogP contribution in [0, 0.1) is 6.92 Å². The maximum atomic E-state index is 4.39. The molecule has 0 fully saturated rings. The van der Waals surface area contributed by atoms with Crippen molar-refractivity contribution in [2.45, 2.75) is 13.8 Å². The number of thiazole rings is 1. The molecular formula is C13H15NS. The Labute approximate surface area is 95.2 Å². The van der Waals surface area contributed by atoms with Crippen LogP contribution in [0.25, 0.3) is 11.6 Å². The summed E-state index contributed by atoms with van der Waals surface area (Å²) in [5, 5.41) is 1.05. The molecule has 0 bridgehead atoms. The Kier molecular flexibility index (Phi) is 4.25. The summed E-state index contributed by atoms with van der Waals surface area (Å²) in [4.78, 5) is 5.53. The fourth-order valence-corrected chi connectivity index (χ4v) is 2.17. The Bertz CT molecular complexity index is 422. The Hall–Kier alpha value is -1.41. The van der Waals surface area contributed by atoms with Gasteiger partial charge < -0.3 is 0 Å². The van der Waals surface area contributed by atoms with Crippen LogP contribution in [0.1, 0.15) is 22.5 Å². The lowest BCUT2D eigenvalue weighted by Gasteiger charge is -1.97. The molecular weight excluding hydrogens is 202 g/mol. The summed E-state index contributed by atoms with van der Waals surface area (Å²) < 4.78 is 0. The molecule has 0 saturated heterocycles. The second-order valence-electron chi connectivity index (χ2n) is 3.00. The van der Waals surface area contributed by atoms with Gasteiger partial charge in [0.1, 0.15) is 0 Å². The van der Waals surface area contributed by atoms with Crippen LogP contribution in [-0.4, -0.2) is 4.98 Å². The molecule has 0 N–H and O–H groups in total. The molecule has 0 aliphatic heterocycles. The van der Waals surface area contributed by atoms with Gasteiger partial charge in [0, 0.05) is 0 Å². The number of hydrogen-bond donors (Lipinski definition) is 0. The van der Waals surface area contributed by atoms with Crippen LogP contribution in [0.2, 0.25) is 0 Å². The van der Waals surface area contributed by atoms with Crippen LogP contribution >= 0.6 is 11.3 Å². The minimum Gasteiger partial charge on any atom is -0.242 e. The highest BCUT2D eigenvalue weighted by atomic mass is 32.1. The zero-order valence-electron chi connectivity index (χ0n) is 9.16. The highest BCUT2D eigenvalue weighted by Gasteiger charge is 2.07. The number of aromatic nitrogens is 1. The average molecular weight is 217 g/mol. The molecule has 0 atom stereocenters. The van der Waals surface area contributed by atoms with Crippen molar-refractivity contribution >= 4 is 23.0 Å². The van der Waals surface area contributed by atoms with E-state index in [2.05, 4.69) is 18.1 Å². The predicted octanol–water partition coefficient (Wildman–Crippen LogP) is 4.24. The lowest BCUT2D eigenvalue weighted by Crippen LogP contribution is -1.80. The molecule has 0 amide bonds. The van der Waals surface area contributed by atoms with Gasteiger partial charge in [-0.05, 0) is 25.5 Å².